The lowest BCUT2D eigenvalue weighted by Crippen LogP contribution is -2.40. The van der Waals surface area contributed by atoms with Gasteiger partial charge in [0.05, 0.1) is 6.61 Å². The molecule has 0 bridgehead atoms. The summed E-state index contributed by atoms with van der Waals surface area (Å²) in [7, 11) is 1.81. The third kappa shape index (κ3) is 3.58. The van der Waals surface area contributed by atoms with Gasteiger partial charge in [-0.3, -0.25) is 0 Å². The van der Waals surface area contributed by atoms with Crippen LogP contribution >= 0.6 is 0 Å². The summed E-state index contributed by atoms with van der Waals surface area (Å²) in [6.07, 6.45) is 5.44. The summed E-state index contributed by atoms with van der Waals surface area (Å²) in [4.78, 5) is 0. The first kappa shape index (κ1) is 12.0. The lowest BCUT2D eigenvalue weighted by atomic mass is 9.87. The van der Waals surface area contributed by atoms with Crippen molar-refractivity contribution >= 4 is 0 Å². The summed E-state index contributed by atoms with van der Waals surface area (Å²) in [5.74, 6) is 1.39. The first-order valence-electron chi connectivity index (χ1n) is 5.98. The molecule has 1 fully saturated rings. The van der Waals surface area contributed by atoms with Crippen LogP contribution in [-0.4, -0.2) is 26.3 Å². The number of hydrogen-bond acceptors (Lipinski definition) is 2. The number of rotatable bonds is 4. The molecule has 1 rings (SSSR count). The van der Waals surface area contributed by atoms with Gasteiger partial charge in [-0.1, -0.05) is 26.7 Å². The normalized spacial score (nSPS) is 26.1. The molecule has 0 amide bonds. The minimum absolute atomic E-state index is 0.678. The highest BCUT2D eigenvalue weighted by atomic mass is 16.5. The highest BCUT2D eigenvalue weighted by Gasteiger charge is 2.24. The lowest BCUT2D eigenvalue weighted by Gasteiger charge is -2.29. The van der Waals surface area contributed by atoms with Crippen molar-refractivity contribution in [2.45, 2.75) is 45.6 Å². The summed E-state index contributed by atoms with van der Waals surface area (Å²) in [5.41, 5.74) is 0. The van der Waals surface area contributed by atoms with Crippen LogP contribution in [-0.2, 0) is 4.74 Å². The van der Waals surface area contributed by atoms with Gasteiger partial charge in [-0.15, -0.1) is 0 Å². The van der Waals surface area contributed by atoms with E-state index in [9.17, 15) is 0 Å². The largest absolute Gasteiger partial charge is 0.384 e. The minimum Gasteiger partial charge on any atom is -0.384 e. The van der Waals surface area contributed by atoms with E-state index in [1.165, 1.54) is 32.2 Å². The molecule has 2 nitrogen and oxygen atoms in total. The van der Waals surface area contributed by atoms with E-state index in [1.807, 2.05) is 7.11 Å². The zero-order chi connectivity index (χ0) is 10.4. The minimum atomic E-state index is 0.678. The Balaban J connectivity index is 2.46. The SMILES string of the molecule is COCC(C(C)C)C1CCCCCN1. The molecule has 2 atom stereocenters. The second-order valence-corrected chi connectivity index (χ2v) is 4.77. The average Bonchev–Trinajstić information content (AvgIpc) is 2.41. The van der Waals surface area contributed by atoms with Crippen molar-refractivity contribution in [3.05, 3.63) is 0 Å². The van der Waals surface area contributed by atoms with Crippen LogP contribution in [0.15, 0.2) is 0 Å². The van der Waals surface area contributed by atoms with Crippen molar-refractivity contribution < 1.29 is 4.74 Å². The van der Waals surface area contributed by atoms with E-state index < -0.39 is 0 Å². The average molecular weight is 199 g/mol. The standard InChI is InChI=1S/C12H25NO/c1-10(2)11(9-14-3)12-7-5-4-6-8-13-12/h10-13H,4-9H2,1-3H3. The Bertz CT molecular complexity index is 139. The Morgan fingerprint density at radius 3 is 2.71 bits per heavy atom. The quantitative estimate of drug-likeness (QED) is 0.751. The molecule has 0 aliphatic carbocycles. The smallest absolute Gasteiger partial charge is 0.0507 e. The van der Waals surface area contributed by atoms with Crippen LogP contribution in [0.25, 0.3) is 0 Å². The molecule has 1 N–H and O–H groups in total. The molecule has 1 heterocycles. The van der Waals surface area contributed by atoms with Crippen molar-refractivity contribution in [2.24, 2.45) is 11.8 Å². The molecule has 2 unspecified atom stereocenters. The molecule has 14 heavy (non-hydrogen) atoms. The van der Waals surface area contributed by atoms with Gasteiger partial charge in [0.2, 0.25) is 0 Å². The highest BCUT2D eigenvalue weighted by Crippen LogP contribution is 2.22. The van der Waals surface area contributed by atoms with Gasteiger partial charge < -0.3 is 10.1 Å². The molecular formula is C12H25NO. The molecule has 0 saturated carbocycles. The predicted molar refractivity (Wildman–Crippen MR) is 60.5 cm³/mol. The summed E-state index contributed by atoms with van der Waals surface area (Å²) in [5, 5.41) is 3.67. The van der Waals surface area contributed by atoms with Crippen LogP contribution in [0.4, 0.5) is 0 Å². The lowest BCUT2D eigenvalue weighted by molar-refractivity contribution is 0.103. The van der Waals surface area contributed by atoms with Crippen LogP contribution < -0.4 is 5.32 Å². The van der Waals surface area contributed by atoms with E-state index in [0.29, 0.717) is 17.9 Å². The Hall–Kier alpha value is -0.0800. The Kier molecular flexibility index (Phi) is 5.49. The molecule has 1 aliphatic heterocycles. The van der Waals surface area contributed by atoms with Crippen LogP contribution in [0.2, 0.25) is 0 Å². The molecule has 0 radical (unpaired) electrons. The maximum atomic E-state index is 5.32. The Labute approximate surface area is 88.4 Å². The maximum Gasteiger partial charge on any atom is 0.0507 e. The molecule has 0 aromatic carbocycles. The third-order valence-electron chi connectivity index (χ3n) is 3.33. The van der Waals surface area contributed by atoms with Crippen molar-refractivity contribution in [3.8, 4) is 0 Å². The van der Waals surface area contributed by atoms with Crippen LogP contribution in [0, 0.1) is 11.8 Å². The van der Waals surface area contributed by atoms with Crippen molar-refractivity contribution in [1.82, 2.24) is 5.32 Å². The molecular weight excluding hydrogens is 174 g/mol. The topological polar surface area (TPSA) is 21.3 Å². The van der Waals surface area contributed by atoms with E-state index in [1.54, 1.807) is 0 Å². The van der Waals surface area contributed by atoms with Crippen molar-refractivity contribution in [3.63, 3.8) is 0 Å². The molecule has 1 saturated heterocycles. The van der Waals surface area contributed by atoms with Crippen molar-refractivity contribution in [2.75, 3.05) is 20.3 Å². The van der Waals surface area contributed by atoms with E-state index in [0.717, 1.165) is 6.61 Å². The van der Waals surface area contributed by atoms with Gasteiger partial charge in [0.15, 0.2) is 0 Å². The monoisotopic (exact) mass is 199 g/mol. The van der Waals surface area contributed by atoms with Crippen LogP contribution in [0.3, 0.4) is 0 Å². The molecule has 2 heteroatoms. The van der Waals surface area contributed by atoms with Gasteiger partial charge in [0, 0.05) is 13.2 Å². The van der Waals surface area contributed by atoms with Gasteiger partial charge in [-0.05, 0) is 31.2 Å². The molecule has 1 aliphatic rings. The van der Waals surface area contributed by atoms with Gasteiger partial charge >= 0.3 is 0 Å². The fourth-order valence-corrected chi connectivity index (χ4v) is 2.39. The number of methoxy groups -OCH3 is 1. The van der Waals surface area contributed by atoms with Gasteiger partial charge in [0.1, 0.15) is 0 Å². The van der Waals surface area contributed by atoms with Gasteiger partial charge in [0.25, 0.3) is 0 Å². The van der Waals surface area contributed by atoms with Crippen molar-refractivity contribution in [1.29, 1.82) is 0 Å². The van der Waals surface area contributed by atoms with E-state index >= 15 is 0 Å². The summed E-state index contributed by atoms with van der Waals surface area (Å²) in [6.45, 7) is 6.69. The number of ether oxygens (including phenoxy) is 1. The van der Waals surface area contributed by atoms with Crippen LogP contribution in [0.1, 0.15) is 39.5 Å². The number of hydrogen-bond donors (Lipinski definition) is 1. The second-order valence-electron chi connectivity index (χ2n) is 4.77. The van der Waals surface area contributed by atoms with Crippen LogP contribution in [0.5, 0.6) is 0 Å². The van der Waals surface area contributed by atoms with E-state index in [2.05, 4.69) is 19.2 Å². The first-order valence-corrected chi connectivity index (χ1v) is 5.98. The Morgan fingerprint density at radius 2 is 2.07 bits per heavy atom. The second kappa shape index (κ2) is 6.41. The summed E-state index contributed by atoms with van der Waals surface area (Å²) < 4.78 is 5.32. The molecule has 0 spiro atoms. The predicted octanol–water partition coefficient (Wildman–Crippen LogP) is 2.44. The third-order valence-corrected chi connectivity index (χ3v) is 3.33. The zero-order valence-electron chi connectivity index (χ0n) is 9.88. The fourth-order valence-electron chi connectivity index (χ4n) is 2.39. The summed E-state index contributed by atoms with van der Waals surface area (Å²) >= 11 is 0. The Morgan fingerprint density at radius 1 is 1.29 bits per heavy atom. The molecule has 0 aromatic rings. The first-order chi connectivity index (χ1) is 6.75. The van der Waals surface area contributed by atoms with E-state index in [-0.39, 0.29) is 0 Å². The number of nitrogens with one attached hydrogen (secondary N) is 1. The zero-order valence-corrected chi connectivity index (χ0v) is 9.88. The molecule has 0 aromatic heterocycles. The van der Waals surface area contributed by atoms with Gasteiger partial charge in [-0.25, -0.2) is 0 Å². The highest BCUT2D eigenvalue weighted by molar-refractivity contribution is 4.80. The fraction of sp³-hybridized carbons (Fsp3) is 1.00. The maximum absolute atomic E-state index is 5.32. The van der Waals surface area contributed by atoms with E-state index in [4.69, 9.17) is 4.74 Å². The summed E-state index contributed by atoms with van der Waals surface area (Å²) in [6, 6.07) is 0.678. The molecule has 84 valence electrons. The van der Waals surface area contributed by atoms with Gasteiger partial charge in [-0.2, -0.15) is 0 Å².